The number of fused-ring (bicyclic) bond motifs is 2. The van der Waals surface area contributed by atoms with Gasteiger partial charge in [-0.05, 0) is 71.8 Å². The van der Waals surface area contributed by atoms with Crippen molar-refractivity contribution >= 4 is 86.2 Å². The smallest absolute Gasteiger partial charge is 0.294 e. The molecule has 20 nitrogen and oxygen atoms in total. The lowest BCUT2D eigenvalue weighted by Crippen LogP contribution is -2.62. The van der Waals surface area contributed by atoms with Gasteiger partial charge in [0.1, 0.15) is 0 Å². The number of nitro benzene ring substituents is 2. The zero-order valence-corrected chi connectivity index (χ0v) is 43.8. The average Bonchev–Trinajstić information content (AvgIpc) is 3.58. The zero-order chi connectivity index (χ0) is 57.4. The van der Waals surface area contributed by atoms with Gasteiger partial charge in [0, 0.05) is 67.0 Å². The van der Waals surface area contributed by atoms with Gasteiger partial charge >= 0.3 is 12.4 Å². The normalized spacial score (nSPS) is 19.3. The molecule has 0 radical (unpaired) electrons. The Bertz CT molecular complexity index is 3330. The maximum absolute atomic E-state index is 14.6. The van der Waals surface area contributed by atoms with Crippen molar-refractivity contribution in [3.05, 3.63) is 217 Å². The number of carbonyl (C=O) groups excluding carboxylic acids is 2. The standard InChI is InChI=1S/2C24H17BrF3N3O7S/c2*25-15-7-5-14(6-8-15)21(32)13-19-18-3-1-2-4-20(18)29(23(24(26,27)28)22(19)31(35)36)39(37,38)17-11-9-16(10-12-17)30(33)34/h2*1-12,19,22-23H,13H2/t2*19-,22+,23+/m00/s1. The lowest BCUT2D eigenvalue weighted by molar-refractivity contribution is -0.537. The molecule has 408 valence electrons. The molecule has 0 bridgehead atoms. The molecule has 0 saturated carbocycles. The van der Waals surface area contributed by atoms with E-state index >= 15 is 0 Å². The molecule has 0 fully saturated rings. The minimum absolute atomic E-state index is 0.0580. The first-order chi connectivity index (χ1) is 36.5. The lowest BCUT2D eigenvalue weighted by atomic mass is 9.78. The fourth-order valence-electron chi connectivity index (χ4n) is 9.20. The molecule has 8 rings (SSSR count). The molecule has 0 saturated heterocycles. The van der Waals surface area contributed by atoms with Gasteiger partial charge in [0.25, 0.3) is 43.5 Å². The topological polar surface area (TPSA) is 281 Å². The van der Waals surface area contributed by atoms with Crippen molar-refractivity contribution < 1.29 is 72.5 Å². The van der Waals surface area contributed by atoms with E-state index in [1.807, 2.05) is 0 Å². The number of ketones is 2. The van der Waals surface area contributed by atoms with Crippen LogP contribution < -0.4 is 8.61 Å². The molecule has 30 heteroatoms. The van der Waals surface area contributed by atoms with Crippen molar-refractivity contribution in [3.63, 3.8) is 0 Å². The second kappa shape index (κ2) is 22.3. The largest absolute Gasteiger partial charge is 0.416 e. The summed E-state index contributed by atoms with van der Waals surface area (Å²) in [5, 5.41) is 46.4. The number of rotatable bonds is 14. The summed E-state index contributed by atoms with van der Waals surface area (Å²) in [7, 11) is -10.3. The van der Waals surface area contributed by atoms with Crippen LogP contribution in [0.15, 0.2) is 164 Å². The molecular weight excluding hydrogens is 1220 g/mol. The molecule has 6 aromatic carbocycles. The molecule has 0 aromatic heterocycles. The van der Waals surface area contributed by atoms with E-state index in [9.17, 15) is 93.2 Å². The maximum atomic E-state index is 14.6. The molecular formula is C48H34Br2F6N6O14S2. The second-order valence-electron chi connectivity index (χ2n) is 17.2. The summed E-state index contributed by atoms with van der Waals surface area (Å²) in [5.74, 6) is -4.58. The van der Waals surface area contributed by atoms with Crippen LogP contribution in [0, 0.1) is 40.5 Å². The maximum Gasteiger partial charge on any atom is 0.416 e. The monoisotopic (exact) mass is 1250 g/mol. The third-order valence-corrected chi connectivity index (χ3v) is 17.3. The van der Waals surface area contributed by atoms with Gasteiger partial charge < -0.3 is 0 Å². The molecule has 0 unspecified atom stereocenters. The van der Waals surface area contributed by atoms with Crippen molar-refractivity contribution in [2.24, 2.45) is 0 Å². The number of Topliss-reactive ketones (excluding diaryl/α,β-unsaturated/α-hetero) is 2. The number of anilines is 2. The average molecular weight is 1260 g/mol. The molecule has 0 spiro atoms. The van der Waals surface area contributed by atoms with E-state index in [0.717, 1.165) is 60.7 Å². The Morgan fingerprint density at radius 1 is 0.474 bits per heavy atom. The van der Waals surface area contributed by atoms with Gasteiger partial charge in [0.15, 0.2) is 11.6 Å². The summed E-state index contributed by atoms with van der Waals surface area (Å²) >= 11 is 6.41. The van der Waals surface area contributed by atoms with Crippen molar-refractivity contribution in [1.82, 2.24) is 0 Å². The molecule has 6 aromatic rings. The Hall–Kier alpha value is -7.70. The zero-order valence-electron chi connectivity index (χ0n) is 39.0. The Kier molecular flexibility index (Phi) is 16.6. The number of nitro groups is 4. The first-order valence-electron chi connectivity index (χ1n) is 22.2. The van der Waals surface area contributed by atoms with Gasteiger partial charge in [-0.25, -0.2) is 25.4 Å². The van der Waals surface area contributed by atoms with Crippen LogP contribution in [-0.4, -0.2) is 84.6 Å². The van der Waals surface area contributed by atoms with Crippen LogP contribution in [-0.2, 0) is 20.0 Å². The van der Waals surface area contributed by atoms with Crippen molar-refractivity contribution in [2.45, 2.75) is 71.0 Å². The minimum atomic E-state index is -5.43. The third kappa shape index (κ3) is 11.7. The molecule has 2 aliphatic heterocycles. The number of nitrogens with zero attached hydrogens (tertiary/aromatic N) is 6. The number of para-hydroxylation sites is 2. The van der Waals surface area contributed by atoms with Crippen LogP contribution in [0.25, 0.3) is 0 Å². The number of sulfonamides is 2. The first-order valence-corrected chi connectivity index (χ1v) is 26.7. The summed E-state index contributed by atoms with van der Waals surface area (Å²) in [4.78, 5) is 66.9. The van der Waals surface area contributed by atoms with E-state index < -0.39 is 145 Å². The summed E-state index contributed by atoms with van der Waals surface area (Å²) in [6, 6.07) is 16.4. The summed E-state index contributed by atoms with van der Waals surface area (Å²) in [6.07, 6.45) is -12.2. The van der Waals surface area contributed by atoms with E-state index in [4.69, 9.17) is 0 Å². The highest BCUT2D eigenvalue weighted by Gasteiger charge is 2.65. The van der Waals surface area contributed by atoms with Crippen LogP contribution in [0.3, 0.4) is 0 Å². The summed E-state index contributed by atoms with van der Waals surface area (Å²) in [5.41, 5.74) is -2.00. The van der Waals surface area contributed by atoms with E-state index in [1.165, 1.54) is 84.9 Å². The fourth-order valence-corrected chi connectivity index (χ4v) is 13.1. The van der Waals surface area contributed by atoms with Gasteiger partial charge in [-0.1, -0.05) is 92.5 Å². The molecule has 0 amide bonds. The van der Waals surface area contributed by atoms with Gasteiger partial charge in [-0.3, -0.25) is 50.0 Å². The molecule has 0 aliphatic carbocycles. The third-order valence-electron chi connectivity index (χ3n) is 12.6. The number of hydrogen-bond donors (Lipinski definition) is 0. The summed E-state index contributed by atoms with van der Waals surface area (Å²) in [6.45, 7) is 0. The Balaban J connectivity index is 0.000000226. The number of halogens is 8. The lowest BCUT2D eigenvalue weighted by Gasteiger charge is -2.42. The SMILES string of the molecule is O=C(C[C@H]1c2ccccc2N(S(=O)(=O)c2ccc([N+](=O)[O-])cc2)[C@@H](C(F)(F)F)[C@@H]1[N+](=O)[O-])c1ccc(Br)cc1.O=C(C[C@H]1c2ccccc2N(S(=O)(=O)c2ccc([N+](=O)[O-])cc2)[C@@H](C(F)(F)F)[C@@H]1[N+](=O)[O-])c1ccc(Br)cc1. The Morgan fingerprint density at radius 3 is 1.04 bits per heavy atom. The van der Waals surface area contributed by atoms with E-state index in [2.05, 4.69) is 31.9 Å². The summed E-state index contributed by atoms with van der Waals surface area (Å²) < 4.78 is 143. The predicted molar refractivity (Wildman–Crippen MR) is 271 cm³/mol. The van der Waals surface area contributed by atoms with Gasteiger partial charge in [0.2, 0.25) is 12.1 Å². The molecule has 0 N–H and O–H groups in total. The van der Waals surface area contributed by atoms with Gasteiger partial charge in [-0.15, -0.1) is 0 Å². The van der Waals surface area contributed by atoms with E-state index in [-0.39, 0.29) is 30.9 Å². The number of carbonyl (C=O) groups is 2. The fraction of sp³-hybridized carbons (Fsp3) is 0.208. The Labute approximate surface area is 453 Å². The number of benzene rings is 6. The van der Waals surface area contributed by atoms with E-state index in [1.54, 1.807) is 0 Å². The Morgan fingerprint density at radius 2 is 0.769 bits per heavy atom. The second-order valence-corrected chi connectivity index (χ2v) is 22.7. The van der Waals surface area contributed by atoms with Crippen molar-refractivity contribution in [1.29, 1.82) is 0 Å². The van der Waals surface area contributed by atoms with Crippen LogP contribution in [0.5, 0.6) is 0 Å². The molecule has 6 atom stereocenters. The van der Waals surface area contributed by atoms with Crippen molar-refractivity contribution in [3.8, 4) is 0 Å². The highest BCUT2D eigenvalue weighted by atomic mass is 79.9. The van der Waals surface area contributed by atoms with Crippen LogP contribution in [0.1, 0.15) is 56.5 Å². The molecule has 2 aliphatic rings. The van der Waals surface area contributed by atoms with Crippen molar-refractivity contribution in [2.75, 3.05) is 8.61 Å². The van der Waals surface area contributed by atoms with Gasteiger partial charge in [-0.2, -0.15) is 26.3 Å². The molecule has 78 heavy (non-hydrogen) atoms. The highest BCUT2D eigenvalue weighted by molar-refractivity contribution is 9.10. The quantitative estimate of drug-likeness (QED) is 0.0424. The van der Waals surface area contributed by atoms with Crippen LogP contribution in [0.4, 0.5) is 49.1 Å². The number of non-ortho nitro benzene ring substituents is 2. The number of alkyl halides is 6. The van der Waals surface area contributed by atoms with E-state index in [0.29, 0.717) is 8.95 Å². The number of hydrogen-bond acceptors (Lipinski definition) is 14. The van der Waals surface area contributed by atoms with Crippen LogP contribution >= 0.6 is 31.9 Å². The molecule has 2 heterocycles. The highest BCUT2D eigenvalue weighted by Crippen LogP contribution is 2.51. The first kappa shape index (κ1) is 58.0. The predicted octanol–water partition coefficient (Wildman–Crippen LogP) is 11.0. The minimum Gasteiger partial charge on any atom is -0.294 e. The van der Waals surface area contributed by atoms with Gasteiger partial charge in [0.05, 0.1) is 42.8 Å². The van der Waals surface area contributed by atoms with Crippen LogP contribution in [0.2, 0.25) is 0 Å².